The van der Waals surface area contributed by atoms with Crippen molar-refractivity contribution < 1.29 is 37.3 Å². The molecule has 0 aliphatic rings. The number of hydrogen-bond acceptors (Lipinski definition) is 7. The number of ether oxygens (including phenoxy) is 1. The van der Waals surface area contributed by atoms with Gasteiger partial charge in [0.25, 0.3) is 7.82 Å². The monoisotopic (exact) mass is 1050 g/mol. The summed E-state index contributed by atoms with van der Waals surface area (Å²) in [6.07, 6.45) is 69.7. The molecule has 0 aromatic rings. The van der Waals surface area contributed by atoms with Crippen LogP contribution in [0.1, 0.15) is 258 Å². The molecule has 1 amide bonds. The van der Waals surface area contributed by atoms with E-state index in [0.29, 0.717) is 17.4 Å². The van der Waals surface area contributed by atoms with Gasteiger partial charge in [-0.3, -0.25) is 14.2 Å². The van der Waals surface area contributed by atoms with Gasteiger partial charge in [0.15, 0.2) is 0 Å². The van der Waals surface area contributed by atoms with Gasteiger partial charge in [0.05, 0.1) is 33.8 Å². The molecule has 0 saturated carbocycles. The van der Waals surface area contributed by atoms with Crippen molar-refractivity contribution in [3.05, 3.63) is 85.1 Å². The smallest absolute Gasteiger partial charge is 0.306 e. The van der Waals surface area contributed by atoms with Crippen LogP contribution in [0.2, 0.25) is 0 Å². The number of allylic oxidation sites excluding steroid dienone is 13. The Labute approximate surface area is 456 Å². The summed E-state index contributed by atoms with van der Waals surface area (Å²) in [5, 5.41) is 3.01. The Kier molecular flexibility index (Phi) is 51.5. The highest BCUT2D eigenvalue weighted by molar-refractivity contribution is 7.45. The molecule has 1 N–H and O–H groups in total. The van der Waals surface area contributed by atoms with Crippen molar-refractivity contribution in [1.29, 1.82) is 0 Å². The minimum absolute atomic E-state index is 0.0315. The fraction of sp³-hybridized carbons (Fsp3) is 0.750. The van der Waals surface area contributed by atoms with Crippen LogP contribution in [0.15, 0.2) is 85.1 Å². The number of likely N-dealkylation sites (N-methyl/N-ethyl adjacent to an activating group) is 1. The van der Waals surface area contributed by atoms with Gasteiger partial charge in [-0.25, -0.2) is 0 Å². The zero-order valence-electron chi connectivity index (χ0n) is 48.8. The van der Waals surface area contributed by atoms with E-state index in [9.17, 15) is 19.0 Å². The number of phosphoric acid groups is 1. The summed E-state index contributed by atoms with van der Waals surface area (Å²) in [6, 6.07) is -0.907. The van der Waals surface area contributed by atoms with Crippen LogP contribution in [-0.4, -0.2) is 69.4 Å². The quantitative estimate of drug-likeness (QED) is 0.0212. The van der Waals surface area contributed by atoms with Crippen molar-refractivity contribution in [2.24, 2.45) is 0 Å². The maximum absolute atomic E-state index is 13.5. The number of unbranched alkanes of at least 4 members (excludes halogenated alkanes) is 26. The summed E-state index contributed by atoms with van der Waals surface area (Å²) in [5.41, 5.74) is 0. The van der Waals surface area contributed by atoms with Crippen molar-refractivity contribution in [3.63, 3.8) is 0 Å². The summed E-state index contributed by atoms with van der Waals surface area (Å²) >= 11 is 0. The van der Waals surface area contributed by atoms with Crippen LogP contribution in [-0.2, 0) is 27.9 Å². The Morgan fingerprint density at radius 3 is 1.32 bits per heavy atom. The summed E-state index contributed by atoms with van der Waals surface area (Å²) in [4.78, 5) is 39.9. The van der Waals surface area contributed by atoms with Gasteiger partial charge in [0.1, 0.15) is 19.3 Å². The molecule has 0 heterocycles. The van der Waals surface area contributed by atoms with Gasteiger partial charge in [-0.15, -0.1) is 0 Å². The van der Waals surface area contributed by atoms with Crippen LogP contribution in [0.25, 0.3) is 0 Å². The predicted molar refractivity (Wildman–Crippen MR) is 316 cm³/mol. The molecular formula is C64H115N2O7P. The van der Waals surface area contributed by atoms with E-state index in [0.717, 1.165) is 109 Å². The number of carbonyl (C=O) groups is 2. The Morgan fingerprint density at radius 1 is 0.486 bits per heavy atom. The summed E-state index contributed by atoms with van der Waals surface area (Å²) < 4.78 is 30.3. The van der Waals surface area contributed by atoms with Crippen LogP contribution in [0.5, 0.6) is 0 Å². The number of nitrogens with one attached hydrogen (secondary N) is 1. The molecule has 0 aliphatic carbocycles. The van der Waals surface area contributed by atoms with E-state index in [4.69, 9.17) is 13.8 Å². The van der Waals surface area contributed by atoms with E-state index >= 15 is 0 Å². The lowest BCUT2D eigenvalue weighted by Crippen LogP contribution is -2.47. The number of nitrogens with zero attached hydrogens (tertiary/aromatic N) is 1. The molecule has 3 unspecified atom stereocenters. The minimum atomic E-state index is -4.71. The molecule has 10 heteroatoms. The molecule has 0 saturated heterocycles. The van der Waals surface area contributed by atoms with Gasteiger partial charge >= 0.3 is 5.97 Å². The maximum atomic E-state index is 13.5. The van der Waals surface area contributed by atoms with Crippen molar-refractivity contribution in [1.82, 2.24) is 5.32 Å². The standard InChI is InChI=1S/C64H115N2O7P/c1-7-10-13-16-19-22-25-28-30-31-32-33-34-35-36-39-42-45-48-51-54-57-64(68)73-62(55-52-49-46-43-40-37-27-24-21-18-15-12-9-3)61(60-72-74(69,70)71-59-58-66(4,5)6)65-63(67)56-53-50-47-44-41-38-29-26-23-20-17-14-11-8-2/h11,14,19-20,22-23,28-30,32-33,38,52,55,61-62H,7-10,12-13,15-18,21,24-27,31,34-37,39-51,53-54,56-60H2,1-6H3,(H-,65,67,69,70)/b14-11+,22-19-,23-20+,30-28-,33-32-,38-29+,55-52-. The van der Waals surface area contributed by atoms with E-state index in [1.807, 2.05) is 33.3 Å². The molecule has 0 aliphatic heterocycles. The fourth-order valence-corrected chi connectivity index (χ4v) is 9.09. The third kappa shape index (κ3) is 54.0. The van der Waals surface area contributed by atoms with Crippen LogP contribution in [0, 0.1) is 0 Å². The minimum Gasteiger partial charge on any atom is -0.756 e. The first-order valence-electron chi connectivity index (χ1n) is 30.4. The van der Waals surface area contributed by atoms with Crippen LogP contribution >= 0.6 is 7.82 Å². The lowest BCUT2D eigenvalue weighted by Gasteiger charge is -2.30. The SMILES string of the molecule is CC/C=C/C/C=C/C/C=C/CCCCCCC(=O)NC(COP(=O)([O-])OCC[N+](C)(C)C)C(/C=C\CCCCCCCCCCCCC)OC(=O)CCCCCCCCCC/C=C\C/C=C\C/C=C\CCCCC. The van der Waals surface area contributed by atoms with Crippen molar-refractivity contribution >= 4 is 19.7 Å². The lowest BCUT2D eigenvalue weighted by atomic mass is 10.0. The molecule has 9 nitrogen and oxygen atoms in total. The zero-order valence-corrected chi connectivity index (χ0v) is 49.7. The Bertz CT molecular complexity index is 1540. The van der Waals surface area contributed by atoms with Gasteiger partial charge in [0.2, 0.25) is 5.91 Å². The van der Waals surface area contributed by atoms with Crippen LogP contribution in [0.3, 0.4) is 0 Å². The average Bonchev–Trinajstić information content (AvgIpc) is 3.36. The number of phosphoric ester groups is 1. The molecular weight excluding hydrogens is 940 g/mol. The first-order chi connectivity index (χ1) is 35.9. The highest BCUT2D eigenvalue weighted by Crippen LogP contribution is 2.38. The van der Waals surface area contributed by atoms with Crippen molar-refractivity contribution in [2.45, 2.75) is 270 Å². The largest absolute Gasteiger partial charge is 0.756 e. The Balaban J connectivity index is 5.32. The highest BCUT2D eigenvalue weighted by Gasteiger charge is 2.27. The van der Waals surface area contributed by atoms with Crippen molar-refractivity contribution in [2.75, 3.05) is 40.9 Å². The predicted octanol–water partition coefficient (Wildman–Crippen LogP) is 18.0. The highest BCUT2D eigenvalue weighted by atomic mass is 31.2. The topological polar surface area (TPSA) is 114 Å². The van der Waals surface area contributed by atoms with Crippen LogP contribution in [0.4, 0.5) is 0 Å². The second-order valence-corrected chi connectivity index (χ2v) is 22.9. The third-order valence-electron chi connectivity index (χ3n) is 13.1. The Hall–Kier alpha value is -2.81. The lowest BCUT2D eigenvalue weighted by molar-refractivity contribution is -0.870. The van der Waals surface area contributed by atoms with E-state index in [2.05, 4.69) is 99.0 Å². The number of amides is 1. The molecule has 3 atom stereocenters. The van der Waals surface area contributed by atoms with Gasteiger partial charge in [-0.05, 0) is 102 Å². The first kappa shape index (κ1) is 71.2. The van der Waals surface area contributed by atoms with E-state index < -0.39 is 26.6 Å². The number of carbonyl (C=O) groups excluding carboxylic acids is 2. The van der Waals surface area contributed by atoms with Gasteiger partial charge in [-0.1, -0.05) is 228 Å². The number of esters is 1. The molecule has 74 heavy (non-hydrogen) atoms. The second kappa shape index (κ2) is 53.6. The van der Waals surface area contributed by atoms with E-state index in [-0.39, 0.29) is 31.3 Å². The molecule has 0 aromatic heterocycles. The molecule has 0 spiro atoms. The number of quaternary nitrogens is 1. The number of hydrogen-bond donors (Lipinski definition) is 1. The summed E-state index contributed by atoms with van der Waals surface area (Å²) in [6.45, 7) is 6.68. The molecule has 0 rings (SSSR count). The number of rotatable bonds is 54. The normalized spacial score (nSPS) is 14.3. The van der Waals surface area contributed by atoms with Gasteiger partial charge in [0, 0.05) is 12.8 Å². The van der Waals surface area contributed by atoms with E-state index in [1.165, 1.54) is 109 Å². The molecule has 428 valence electrons. The molecule has 0 bridgehead atoms. The van der Waals surface area contributed by atoms with Gasteiger partial charge < -0.3 is 28.5 Å². The fourth-order valence-electron chi connectivity index (χ4n) is 8.37. The van der Waals surface area contributed by atoms with Crippen LogP contribution < -0.4 is 10.2 Å². The molecule has 0 aromatic carbocycles. The Morgan fingerprint density at radius 2 is 0.865 bits per heavy atom. The first-order valence-corrected chi connectivity index (χ1v) is 31.9. The third-order valence-corrected chi connectivity index (χ3v) is 14.0. The molecule has 0 fully saturated rings. The zero-order chi connectivity index (χ0) is 54.3. The second-order valence-electron chi connectivity index (χ2n) is 21.5. The summed E-state index contributed by atoms with van der Waals surface area (Å²) in [7, 11) is 1.16. The van der Waals surface area contributed by atoms with Gasteiger partial charge in [-0.2, -0.15) is 0 Å². The van der Waals surface area contributed by atoms with Crippen molar-refractivity contribution in [3.8, 4) is 0 Å². The summed E-state index contributed by atoms with van der Waals surface area (Å²) in [5.74, 6) is -0.577. The average molecular weight is 1060 g/mol. The van der Waals surface area contributed by atoms with E-state index in [1.54, 1.807) is 0 Å². The molecule has 0 radical (unpaired) electrons. The maximum Gasteiger partial charge on any atom is 0.306 e.